The average molecular weight is 544 g/mol. The Kier molecular flexibility index (Phi) is 10.5. The molecule has 0 aliphatic carbocycles. The van der Waals surface area contributed by atoms with Crippen LogP contribution in [0.4, 0.5) is 4.39 Å². The van der Waals surface area contributed by atoms with Gasteiger partial charge >= 0.3 is 0 Å². The van der Waals surface area contributed by atoms with Crippen LogP contribution in [0.1, 0.15) is 48.2 Å². The van der Waals surface area contributed by atoms with Crippen molar-refractivity contribution in [3.63, 3.8) is 0 Å². The minimum Gasteiger partial charge on any atom is -0.385 e. The van der Waals surface area contributed by atoms with Gasteiger partial charge < -0.3 is 24.4 Å². The highest BCUT2D eigenvalue weighted by atomic mass is 35.5. The van der Waals surface area contributed by atoms with Crippen LogP contribution in [0.25, 0.3) is 0 Å². The van der Waals surface area contributed by atoms with E-state index in [4.69, 9.17) is 32.7 Å². The Bertz CT molecular complexity index is 918. The summed E-state index contributed by atoms with van der Waals surface area (Å²) >= 11 is 11.9. The Balaban J connectivity index is 0.000000201. The van der Waals surface area contributed by atoms with Crippen LogP contribution in [0.5, 0.6) is 0 Å². The highest BCUT2D eigenvalue weighted by Crippen LogP contribution is 2.38. The lowest BCUT2D eigenvalue weighted by Gasteiger charge is -2.34. The molecule has 2 aromatic heterocycles. The van der Waals surface area contributed by atoms with E-state index in [9.17, 15) is 9.50 Å². The molecule has 0 unspecified atom stereocenters. The first-order valence-electron chi connectivity index (χ1n) is 12.2. The molecule has 2 aromatic rings. The van der Waals surface area contributed by atoms with Crippen molar-refractivity contribution in [1.29, 1.82) is 0 Å². The number of hydrogen-bond acceptors (Lipinski definition) is 7. The number of halogens is 3. The monoisotopic (exact) mass is 542 g/mol. The molecular weight excluding hydrogens is 506 g/mol. The molecule has 0 bridgehead atoms. The van der Waals surface area contributed by atoms with Gasteiger partial charge in [-0.15, -0.1) is 0 Å². The molecule has 4 rings (SSSR count). The number of pyridine rings is 2. The maximum atomic E-state index is 15.0. The van der Waals surface area contributed by atoms with Crippen molar-refractivity contribution in [1.82, 2.24) is 19.8 Å². The summed E-state index contributed by atoms with van der Waals surface area (Å²) in [6.07, 6.45) is 1.99. The van der Waals surface area contributed by atoms with E-state index in [2.05, 4.69) is 9.97 Å². The lowest BCUT2D eigenvalue weighted by atomic mass is 9.85. The van der Waals surface area contributed by atoms with Gasteiger partial charge in [-0.1, -0.05) is 35.3 Å². The lowest BCUT2D eigenvalue weighted by molar-refractivity contribution is -0.0688. The number of alkyl halides is 1. The quantitative estimate of drug-likeness (QED) is 0.536. The molecule has 1 N–H and O–H groups in total. The summed E-state index contributed by atoms with van der Waals surface area (Å²) in [5.41, 5.74) is 0.934. The molecule has 0 radical (unpaired) electrons. The predicted octanol–water partition coefficient (Wildman–Crippen LogP) is 4.57. The maximum absolute atomic E-state index is 15.0. The first kappa shape index (κ1) is 29.2. The van der Waals surface area contributed by atoms with Gasteiger partial charge in [0.2, 0.25) is 0 Å². The minimum absolute atomic E-state index is 0.386. The van der Waals surface area contributed by atoms with Crippen LogP contribution in [0.2, 0.25) is 10.3 Å². The molecule has 10 heteroatoms. The van der Waals surface area contributed by atoms with Gasteiger partial charge in [-0.3, -0.25) is 0 Å². The Hall–Kier alpha value is -1.39. The molecule has 2 aliphatic heterocycles. The van der Waals surface area contributed by atoms with Crippen LogP contribution in [-0.2, 0) is 33.8 Å². The van der Waals surface area contributed by atoms with Gasteiger partial charge in [0.15, 0.2) is 0 Å². The zero-order chi connectivity index (χ0) is 26.3. The van der Waals surface area contributed by atoms with E-state index in [1.165, 1.54) is 0 Å². The van der Waals surface area contributed by atoms with Crippen LogP contribution < -0.4 is 0 Å². The molecule has 0 spiro atoms. The highest BCUT2D eigenvalue weighted by molar-refractivity contribution is 6.29. The lowest BCUT2D eigenvalue weighted by Crippen LogP contribution is -2.35. The minimum atomic E-state index is -1.33. The van der Waals surface area contributed by atoms with E-state index >= 15 is 0 Å². The number of ether oxygens (including phenoxy) is 2. The fraction of sp³-hybridized carbons (Fsp3) is 0.615. The molecule has 0 aromatic carbocycles. The number of nitrogens with zero attached hydrogens (tertiary/aromatic N) is 4. The molecule has 2 fully saturated rings. The smallest absolute Gasteiger partial charge is 0.142 e. The third-order valence-corrected chi connectivity index (χ3v) is 6.82. The molecule has 0 amide bonds. The van der Waals surface area contributed by atoms with Crippen molar-refractivity contribution in [2.75, 3.05) is 54.6 Å². The van der Waals surface area contributed by atoms with Crippen molar-refractivity contribution in [2.24, 2.45) is 0 Å². The van der Waals surface area contributed by atoms with E-state index in [-0.39, 0.29) is 0 Å². The molecule has 0 saturated carbocycles. The summed E-state index contributed by atoms with van der Waals surface area (Å²) < 4.78 is 25.5. The van der Waals surface area contributed by atoms with Gasteiger partial charge in [0.05, 0.1) is 17.0 Å². The van der Waals surface area contributed by atoms with Gasteiger partial charge in [-0.25, -0.2) is 14.4 Å². The van der Waals surface area contributed by atoms with Crippen LogP contribution in [0.15, 0.2) is 24.3 Å². The van der Waals surface area contributed by atoms with Crippen LogP contribution in [0, 0.1) is 0 Å². The largest absolute Gasteiger partial charge is 0.385 e. The van der Waals surface area contributed by atoms with Gasteiger partial charge in [0, 0.05) is 76.3 Å². The fourth-order valence-corrected chi connectivity index (χ4v) is 4.89. The average Bonchev–Trinajstić information content (AvgIpc) is 2.79. The molecule has 0 atom stereocenters. The standard InChI is InChI=1S/C13H18ClFN2O.C13H19ClN2O2/c1-17(2)9-11-10(3-4-12(14)16-11)13(15)5-7-18-8-6-13;1-16(2)9-11-10(3-4-12(14)15-11)13(17)5-7-18-8-6-13/h3-4H,5-9H2,1-2H3;3-4,17H,5-9H2,1-2H3. The Morgan fingerprint density at radius 1 is 0.778 bits per heavy atom. The second kappa shape index (κ2) is 12.9. The zero-order valence-electron chi connectivity index (χ0n) is 21.6. The molecule has 4 heterocycles. The van der Waals surface area contributed by atoms with E-state index in [0.29, 0.717) is 81.1 Å². The summed E-state index contributed by atoms with van der Waals surface area (Å²) in [6.45, 7) is 3.34. The Morgan fingerprint density at radius 3 is 1.67 bits per heavy atom. The first-order valence-corrected chi connectivity index (χ1v) is 13.0. The van der Waals surface area contributed by atoms with Gasteiger partial charge in [0.25, 0.3) is 0 Å². The third kappa shape index (κ3) is 7.81. The van der Waals surface area contributed by atoms with E-state index in [1.807, 2.05) is 44.1 Å². The molecular formula is C26H37Cl2FN4O3. The third-order valence-electron chi connectivity index (χ3n) is 6.40. The van der Waals surface area contributed by atoms with Crippen molar-refractivity contribution in [2.45, 2.75) is 50.0 Å². The highest BCUT2D eigenvalue weighted by Gasteiger charge is 2.37. The summed E-state index contributed by atoms with van der Waals surface area (Å²) in [4.78, 5) is 12.6. The SMILES string of the molecule is CN(C)Cc1nc(Cl)ccc1C1(F)CCOCC1.CN(C)Cc1nc(Cl)ccc1C1(O)CCOCC1. The van der Waals surface area contributed by atoms with E-state index in [1.54, 1.807) is 18.2 Å². The van der Waals surface area contributed by atoms with Gasteiger partial charge in [-0.2, -0.15) is 0 Å². The number of aliphatic hydroxyl groups is 1. The molecule has 36 heavy (non-hydrogen) atoms. The van der Waals surface area contributed by atoms with Gasteiger partial charge in [0.1, 0.15) is 16.0 Å². The fourth-order valence-electron chi connectivity index (χ4n) is 4.56. The van der Waals surface area contributed by atoms with Gasteiger partial charge in [-0.05, 0) is 40.3 Å². The summed E-state index contributed by atoms with van der Waals surface area (Å²) in [5.74, 6) is 0. The normalized spacial score (nSPS) is 19.2. The molecule has 200 valence electrons. The summed E-state index contributed by atoms with van der Waals surface area (Å²) in [6, 6.07) is 7.05. The molecule has 2 aliphatic rings. The number of rotatable bonds is 6. The van der Waals surface area contributed by atoms with Crippen molar-refractivity contribution in [3.05, 3.63) is 57.1 Å². The van der Waals surface area contributed by atoms with Crippen LogP contribution >= 0.6 is 23.2 Å². The number of hydrogen-bond donors (Lipinski definition) is 1. The Labute approximate surface area is 223 Å². The molecule has 2 saturated heterocycles. The topological polar surface area (TPSA) is 71.0 Å². The van der Waals surface area contributed by atoms with Crippen LogP contribution in [-0.4, -0.2) is 79.5 Å². The second-order valence-electron chi connectivity index (χ2n) is 9.95. The molecule has 7 nitrogen and oxygen atoms in total. The Morgan fingerprint density at radius 2 is 1.19 bits per heavy atom. The summed E-state index contributed by atoms with van der Waals surface area (Å²) in [7, 11) is 7.81. The second-order valence-corrected chi connectivity index (χ2v) is 10.7. The first-order chi connectivity index (χ1) is 17.0. The number of aromatic nitrogens is 2. The van der Waals surface area contributed by atoms with E-state index < -0.39 is 11.3 Å². The summed E-state index contributed by atoms with van der Waals surface area (Å²) in [5, 5.41) is 11.6. The van der Waals surface area contributed by atoms with Crippen molar-refractivity contribution in [3.8, 4) is 0 Å². The zero-order valence-corrected chi connectivity index (χ0v) is 23.1. The maximum Gasteiger partial charge on any atom is 0.142 e. The van der Waals surface area contributed by atoms with Crippen molar-refractivity contribution >= 4 is 23.2 Å². The van der Waals surface area contributed by atoms with Crippen molar-refractivity contribution < 1.29 is 19.0 Å². The predicted molar refractivity (Wildman–Crippen MR) is 140 cm³/mol. The van der Waals surface area contributed by atoms with Crippen LogP contribution in [0.3, 0.4) is 0 Å². The van der Waals surface area contributed by atoms with E-state index in [0.717, 1.165) is 17.0 Å².